The van der Waals surface area contributed by atoms with Gasteiger partial charge in [-0.3, -0.25) is 4.79 Å². The molecule has 0 heterocycles. The molecule has 0 bridgehead atoms. The lowest BCUT2D eigenvalue weighted by Crippen LogP contribution is -2.46. The van der Waals surface area contributed by atoms with Gasteiger partial charge in [-0.2, -0.15) is 0 Å². The van der Waals surface area contributed by atoms with Crippen molar-refractivity contribution in [2.75, 3.05) is 26.3 Å². The summed E-state index contributed by atoms with van der Waals surface area (Å²) in [5.41, 5.74) is -0.0759. The molecule has 0 aliphatic heterocycles. The van der Waals surface area contributed by atoms with Crippen LogP contribution in [0.2, 0.25) is 0 Å². The Bertz CT molecular complexity index is 414. The van der Waals surface area contributed by atoms with Crippen LogP contribution in [0.15, 0.2) is 0 Å². The molecule has 0 saturated carbocycles. The van der Waals surface area contributed by atoms with E-state index in [9.17, 15) is 9.90 Å². The van der Waals surface area contributed by atoms with Crippen LogP contribution in [0.5, 0.6) is 0 Å². The van der Waals surface area contributed by atoms with Crippen LogP contribution >= 0.6 is 0 Å². The van der Waals surface area contributed by atoms with Gasteiger partial charge in [0.2, 0.25) is 0 Å². The molecule has 6 nitrogen and oxygen atoms in total. The minimum atomic E-state index is -0.290. The van der Waals surface area contributed by atoms with Gasteiger partial charge in [0.05, 0.1) is 19.3 Å². The van der Waals surface area contributed by atoms with E-state index in [0.717, 1.165) is 45.1 Å². The average molecular weight is 417 g/mol. The topological polar surface area (TPSA) is 90.8 Å². The zero-order valence-corrected chi connectivity index (χ0v) is 19.8. The van der Waals surface area contributed by atoms with Crippen LogP contribution in [0, 0.1) is 11.8 Å². The number of esters is 1. The van der Waals surface area contributed by atoms with Crippen LogP contribution < -0.4 is 10.6 Å². The largest absolute Gasteiger partial charge is 0.466 e. The zero-order valence-electron chi connectivity index (χ0n) is 19.8. The van der Waals surface area contributed by atoms with Gasteiger partial charge >= 0.3 is 5.97 Å². The van der Waals surface area contributed by atoms with E-state index >= 15 is 0 Å². The van der Waals surface area contributed by atoms with Crippen molar-refractivity contribution < 1.29 is 19.7 Å². The molecule has 0 spiro atoms. The van der Waals surface area contributed by atoms with Crippen LogP contribution in [0.3, 0.4) is 0 Å². The number of aliphatic hydroxyl groups excluding tert-OH is 2. The SMILES string of the molecule is CCC(CC)(CCOC(=O)CCCNC(C)CC(O)[C@@H](C)CC(C)C)NCCO. The maximum Gasteiger partial charge on any atom is 0.305 e. The molecule has 0 rings (SSSR count). The highest BCUT2D eigenvalue weighted by molar-refractivity contribution is 5.69. The van der Waals surface area contributed by atoms with Crippen molar-refractivity contribution in [1.82, 2.24) is 10.6 Å². The Kier molecular flexibility index (Phi) is 15.7. The van der Waals surface area contributed by atoms with Gasteiger partial charge in [-0.1, -0.05) is 34.6 Å². The summed E-state index contributed by atoms with van der Waals surface area (Å²) < 4.78 is 5.41. The van der Waals surface area contributed by atoms with E-state index in [4.69, 9.17) is 9.84 Å². The van der Waals surface area contributed by atoms with E-state index in [1.165, 1.54) is 0 Å². The molecule has 0 aromatic carbocycles. The molecule has 0 fully saturated rings. The fraction of sp³-hybridized carbons (Fsp3) is 0.957. The standard InChI is InChI=1S/C23H48N2O4/c1-7-23(8-2,25-13-14-26)11-15-29-22(28)10-9-12-24-20(6)17-21(27)19(5)16-18(3)4/h18-21,24-27H,7-17H2,1-6H3/t19-,20?,21?/m0/s1. The Morgan fingerprint density at radius 2 is 1.72 bits per heavy atom. The number of carbonyl (C=O) groups is 1. The predicted molar refractivity (Wildman–Crippen MR) is 120 cm³/mol. The highest BCUT2D eigenvalue weighted by Crippen LogP contribution is 2.20. The molecule has 0 aliphatic rings. The first-order valence-corrected chi connectivity index (χ1v) is 11.6. The fourth-order valence-electron chi connectivity index (χ4n) is 3.86. The summed E-state index contributed by atoms with van der Waals surface area (Å²) in [5.74, 6) is 0.743. The van der Waals surface area contributed by atoms with Crippen LogP contribution in [-0.4, -0.2) is 60.2 Å². The molecule has 0 aliphatic carbocycles. The van der Waals surface area contributed by atoms with Gasteiger partial charge in [-0.25, -0.2) is 0 Å². The number of nitrogens with one attached hydrogen (secondary N) is 2. The molecule has 3 atom stereocenters. The zero-order chi connectivity index (χ0) is 22.3. The number of β-amino-alcohol motifs (C(OH)–C–C–N with tert-alkyl or cyclic N) is 1. The third kappa shape index (κ3) is 13.3. The van der Waals surface area contributed by atoms with Crippen molar-refractivity contribution in [3.63, 3.8) is 0 Å². The number of ether oxygens (including phenoxy) is 1. The first kappa shape index (κ1) is 28.3. The smallest absolute Gasteiger partial charge is 0.305 e. The van der Waals surface area contributed by atoms with E-state index < -0.39 is 0 Å². The minimum absolute atomic E-state index is 0.0759. The predicted octanol–water partition coefficient (Wildman–Crippen LogP) is 3.25. The number of aliphatic hydroxyl groups is 2. The summed E-state index contributed by atoms with van der Waals surface area (Å²) in [6.07, 6.45) is 5.24. The molecular weight excluding hydrogens is 368 g/mol. The highest BCUT2D eigenvalue weighted by Gasteiger charge is 2.25. The van der Waals surface area contributed by atoms with E-state index in [-0.39, 0.29) is 30.3 Å². The quantitative estimate of drug-likeness (QED) is 0.203. The Balaban J connectivity index is 3.98. The van der Waals surface area contributed by atoms with Crippen LogP contribution in [0.25, 0.3) is 0 Å². The maximum absolute atomic E-state index is 12.0. The number of carbonyl (C=O) groups excluding carboxylic acids is 1. The third-order valence-corrected chi connectivity index (χ3v) is 5.95. The van der Waals surface area contributed by atoms with Crippen molar-refractivity contribution >= 4 is 5.97 Å². The van der Waals surface area contributed by atoms with Crippen LogP contribution in [0.1, 0.15) is 86.5 Å². The Hall–Kier alpha value is -0.690. The number of hydrogen-bond donors (Lipinski definition) is 4. The van der Waals surface area contributed by atoms with Crippen LogP contribution in [0.4, 0.5) is 0 Å². The summed E-state index contributed by atoms with van der Waals surface area (Å²) in [4.78, 5) is 12.0. The van der Waals surface area contributed by atoms with Crippen molar-refractivity contribution in [3.8, 4) is 0 Å². The second-order valence-electron chi connectivity index (χ2n) is 8.98. The Morgan fingerprint density at radius 1 is 1.07 bits per heavy atom. The molecular formula is C23H48N2O4. The first-order chi connectivity index (χ1) is 13.7. The maximum atomic E-state index is 12.0. The molecule has 0 radical (unpaired) electrons. The van der Waals surface area contributed by atoms with Crippen molar-refractivity contribution in [2.45, 2.75) is 104 Å². The van der Waals surface area contributed by atoms with E-state index in [1.807, 2.05) is 0 Å². The van der Waals surface area contributed by atoms with E-state index in [0.29, 0.717) is 31.4 Å². The summed E-state index contributed by atoms with van der Waals surface area (Å²) in [5, 5.41) is 26.1. The third-order valence-electron chi connectivity index (χ3n) is 5.95. The number of rotatable bonds is 18. The summed E-state index contributed by atoms with van der Waals surface area (Å²) in [6, 6.07) is 0.225. The lowest BCUT2D eigenvalue weighted by atomic mass is 9.89. The van der Waals surface area contributed by atoms with Gasteiger partial charge in [0, 0.05) is 24.5 Å². The normalized spacial score (nSPS) is 15.3. The molecule has 0 saturated heterocycles. The molecule has 0 aromatic rings. The van der Waals surface area contributed by atoms with Crippen molar-refractivity contribution in [2.24, 2.45) is 11.8 Å². The van der Waals surface area contributed by atoms with Gasteiger partial charge in [-0.05, 0) is 63.8 Å². The van der Waals surface area contributed by atoms with Crippen LogP contribution in [-0.2, 0) is 9.53 Å². The summed E-state index contributed by atoms with van der Waals surface area (Å²) >= 11 is 0. The van der Waals surface area contributed by atoms with Crippen molar-refractivity contribution in [3.05, 3.63) is 0 Å². The van der Waals surface area contributed by atoms with Crippen molar-refractivity contribution in [1.29, 1.82) is 0 Å². The minimum Gasteiger partial charge on any atom is -0.466 e. The van der Waals surface area contributed by atoms with Gasteiger partial charge in [0.1, 0.15) is 0 Å². The summed E-state index contributed by atoms with van der Waals surface area (Å²) in [7, 11) is 0. The lowest BCUT2D eigenvalue weighted by Gasteiger charge is -2.32. The Morgan fingerprint density at radius 3 is 2.28 bits per heavy atom. The number of hydrogen-bond acceptors (Lipinski definition) is 6. The molecule has 0 amide bonds. The molecule has 6 heteroatoms. The van der Waals surface area contributed by atoms with Gasteiger partial charge in [0.25, 0.3) is 0 Å². The Labute approximate surface area is 179 Å². The molecule has 29 heavy (non-hydrogen) atoms. The van der Waals surface area contributed by atoms with E-state index in [1.54, 1.807) is 0 Å². The summed E-state index contributed by atoms with van der Waals surface area (Å²) in [6.45, 7) is 14.6. The highest BCUT2D eigenvalue weighted by atomic mass is 16.5. The lowest BCUT2D eigenvalue weighted by molar-refractivity contribution is -0.144. The average Bonchev–Trinajstić information content (AvgIpc) is 2.67. The molecule has 2 unspecified atom stereocenters. The van der Waals surface area contributed by atoms with Gasteiger partial charge < -0.3 is 25.6 Å². The van der Waals surface area contributed by atoms with Gasteiger partial charge in [0.15, 0.2) is 0 Å². The van der Waals surface area contributed by atoms with Gasteiger partial charge in [-0.15, -0.1) is 0 Å². The monoisotopic (exact) mass is 416 g/mol. The second-order valence-corrected chi connectivity index (χ2v) is 8.98. The second kappa shape index (κ2) is 16.1. The first-order valence-electron chi connectivity index (χ1n) is 11.6. The molecule has 4 N–H and O–H groups in total. The fourth-order valence-corrected chi connectivity index (χ4v) is 3.86. The van der Waals surface area contributed by atoms with E-state index in [2.05, 4.69) is 52.2 Å². The molecule has 174 valence electrons. The molecule has 0 aromatic heterocycles.